The zero-order valence-corrected chi connectivity index (χ0v) is 15.5. The van der Waals surface area contributed by atoms with Crippen molar-refractivity contribution in [2.45, 2.75) is 70.9 Å². The summed E-state index contributed by atoms with van der Waals surface area (Å²) in [6, 6.07) is 0.463. The molecule has 1 aromatic heterocycles. The van der Waals surface area contributed by atoms with Crippen LogP contribution in [-0.2, 0) is 11.3 Å². The minimum atomic E-state index is 0.310. The van der Waals surface area contributed by atoms with Gasteiger partial charge >= 0.3 is 0 Å². The molecule has 0 aromatic carbocycles. The first-order valence-electron chi connectivity index (χ1n) is 9.57. The van der Waals surface area contributed by atoms with Gasteiger partial charge in [0, 0.05) is 32.5 Å². The highest BCUT2D eigenvalue weighted by Gasteiger charge is 2.24. The Morgan fingerprint density at radius 3 is 2.92 bits per heavy atom. The first-order chi connectivity index (χ1) is 12.1. The number of allylic oxidation sites excluding steroid dienone is 1. The van der Waals surface area contributed by atoms with E-state index in [1.54, 1.807) is 0 Å². The van der Waals surface area contributed by atoms with Gasteiger partial charge in [-0.15, -0.1) is 0 Å². The fourth-order valence-electron chi connectivity index (χ4n) is 3.90. The maximum absolute atomic E-state index is 12.6. The van der Waals surface area contributed by atoms with Crippen LogP contribution >= 0.6 is 0 Å². The van der Waals surface area contributed by atoms with Crippen molar-refractivity contribution >= 4 is 5.91 Å². The number of aryl methyl sites for hydroxylation is 1. The van der Waals surface area contributed by atoms with E-state index >= 15 is 0 Å². The van der Waals surface area contributed by atoms with Crippen LogP contribution in [-0.4, -0.2) is 52.0 Å². The van der Waals surface area contributed by atoms with E-state index in [2.05, 4.69) is 33.1 Å². The molecule has 1 unspecified atom stereocenters. The van der Waals surface area contributed by atoms with Gasteiger partial charge in [0.1, 0.15) is 0 Å². The number of carbonyl (C=O) groups is 1. The molecule has 0 saturated carbocycles. The van der Waals surface area contributed by atoms with Crippen LogP contribution in [0.15, 0.2) is 16.2 Å². The molecule has 1 aliphatic heterocycles. The predicted octanol–water partition coefficient (Wildman–Crippen LogP) is 3.08. The molecule has 138 valence electrons. The Hall–Kier alpha value is -1.69. The quantitative estimate of drug-likeness (QED) is 0.767. The number of nitrogens with zero attached hydrogens (tertiary/aromatic N) is 4. The Morgan fingerprint density at radius 1 is 1.32 bits per heavy atom. The van der Waals surface area contributed by atoms with Crippen molar-refractivity contribution in [3.8, 4) is 0 Å². The molecule has 0 N–H and O–H groups in total. The van der Waals surface area contributed by atoms with E-state index in [0.29, 0.717) is 30.8 Å². The van der Waals surface area contributed by atoms with Gasteiger partial charge in [0.25, 0.3) is 0 Å². The number of amides is 1. The van der Waals surface area contributed by atoms with Gasteiger partial charge in [-0.2, -0.15) is 4.98 Å². The van der Waals surface area contributed by atoms with E-state index in [9.17, 15) is 4.79 Å². The van der Waals surface area contributed by atoms with Crippen LogP contribution in [0.2, 0.25) is 0 Å². The topological polar surface area (TPSA) is 62.5 Å². The van der Waals surface area contributed by atoms with Crippen molar-refractivity contribution in [1.29, 1.82) is 0 Å². The Morgan fingerprint density at radius 2 is 2.20 bits per heavy atom. The van der Waals surface area contributed by atoms with E-state index in [1.165, 1.54) is 18.4 Å². The number of carbonyl (C=O) groups excluding carboxylic acids is 1. The van der Waals surface area contributed by atoms with Gasteiger partial charge in [-0.3, -0.25) is 9.69 Å². The van der Waals surface area contributed by atoms with Gasteiger partial charge in [0.2, 0.25) is 11.8 Å². The third-order valence-corrected chi connectivity index (χ3v) is 5.40. The van der Waals surface area contributed by atoms with Crippen molar-refractivity contribution in [3.63, 3.8) is 0 Å². The van der Waals surface area contributed by atoms with E-state index in [4.69, 9.17) is 4.52 Å². The van der Waals surface area contributed by atoms with Crippen molar-refractivity contribution in [2.75, 3.05) is 20.1 Å². The Kier molecular flexibility index (Phi) is 6.24. The minimum Gasteiger partial charge on any atom is -0.342 e. The summed E-state index contributed by atoms with van der Waals surface area (Å²) < 4.78 is 5.05. The molecule has 1 atom stereocenters. The molecule has 1 fully saturated rings. The molecule has 1 amide bonds. The van der Waals surface area contributed by atoms with E-state index in [-0.39, 0.29) is 0 Å². The molecule has 0 bridgehead atoms. The molecular formula is C19H30N4O2. The Labute approximate surface area is 150 Å². The lowest BCUT2D eigenvalue weighted by atomic mass is 9.97. The summed E-state index contributed by atoms with van der Waals surface area (Å²) >= 11 is 0. The van der Waals surface area contributed by atoms with Gasteiger partial charge in [-0.1, -0.05) is 16.8 Å². The van der Waals surface area contributed by atoms with Gasteiger partial charge in [-0.25, -0.2) is 0 Å². The van der Waals surface area contributed by atoms with Crippen molar-refractivity contribution < 1.29 is 9.32 Å². The molecule has 0 radical (unpaired) electrons. The van der Waals surface area contributed by atoms with Crippen LogP contribution in [0.3, 0.4) is 0 Å². The summed E-state index contributed by atoms with van der Waals surface area (Å²) in [5.74, 6) is 1.66. The van der Waals surface area contributed by atoms with Gasteiger partial charge in [-0.05, 0) is 52.0 Å². The monoisotopic (exact) mass is 346 g/mol. The summed E-state index contributed by atoms with van der Waals surface area (Å²) in [7, 11) is 2.11. The van der Waals surface area contributed by atoms with Crippen LogP contribution in [0.5, 0.6) is 0 Å². The molecule has 2 heterocycles. The number of rotatable bonds is 5. The number of likely N-dealkylation sites (tertiary alicyclic amines) is 1. The third kappa shape index (κ3) is 5.14. The first kappa shape index (κ1) is 18.1. The highest BCUT2D eigenvalue weighted by molar-refractivity contribution is 5.78. The molecule has 0 spiro atoms. The van der Waals surface area contributed by atoms with E-state index in [1.807, 2.05) is 6.92 Å². The van der Waals surface area contributed by atoms with Gasteiger partial charge < -0.3 is 9.42 Å². The average molecular weight is 346 g/mol. The fourth-order valence-corrected chi connectivity index (χ4v) is 3.90. The number of aromatic nitrogens is 2. The van der Waals surface area contributed by atoms with Crippen LogP contribution in [0.25, 0.3) is 0 Å². The van der Waals surface area contributed by atoms with E-state index < -0.39 is 0 Å². The van der Waals surface area contributed by atoms with Crippen LogP contribution in [0, 0.1) is 6.92 Å². The Bertz CT molecular complexity index is 610. The van der Waals surface area contributed by atoms with Gasteiger partial charge in [0.15, 0.2) is 5.82 Å². The summed E-state index contributed by atoms with van der Waals surface area (Å²) in [5.41, 5.74) is 1.35. The molecule has 2 aliphatic rings. The van der Waals surface area contributed by atoms with Crippen LogP contribution in [0.4, 0.5) is 0 Å². The smallest absolute Gasteiger partial charge is 0.226 e. The lowest BCUT2D eigenvalue weighted by Gasteiger charge is -2.26. The van der Waals surface area contributed by atoms with Crippen molar-refractivity contribution in [2.24, 2.45) is 0 Å². The van der Waals surface area contributed by atoms with Crippen LogP contribution < -0.4 is 0 Å². The standard InChI is InChI=1S/C19H30N4O2/c1-15-20-18(21-25-15)14-22(2)17-9-6-11-23(12-10-17)19(24)13-16-7-4-3-5-8-16/h7,17H,3-6,8-14H2,1-2H3. The molecule has 3 rings (SSSR count). The largest absolute Gasteiger partial charge is 0.342 e. The Balaban J connectivity index is 1.49. The number of hydrogen-bond acceptors (Lipinski definition) is 5. The maximum Gasteiger partial charge on any atom is 0.226 e. The fraction of sp³-hybridized carbons (Fsp3) is 0.737. The summed E-state index contributed by atoms with van der Waals surface area (Å²) in [4.78, 5) is 21.3. The second-order valence-electron chi connectivity index (χ2n) is 7.40. The molecule has 1 aliphatic carbocycles. The summed E-state index contributed by atoms with van der Waals surface area (Å²) in [6.07, 6.45) is 10.9. The molecule has 6 heteroatoms. The molecular weight excluding hydrogens is 316 g/mol. The molecule has 6 nitrogen and oxygen atoms in total. The molecule has 1 saturated heterocycles. The molecule has 1 aromatic rings. The molecule has 25 heavy (non-hydrogen) atoms. The summed E-state index contributed by atoms with van der Waals surface area (Å²) in [6.45, 7) is 4.25. The number of hydrogen-bond donors (Lipinski definition) is 0. The van der Waals surface area contributed by atoms with Crippen molar-refractivity contribution in [3.05, 3.63) is 23.4 Å². The van der Waals surface area contributed by atoms with Crippen LogP contribution in [0.1, 0.15) is 63.1 Å². The second kappa shape index (κ2) is 8.61. The predicted molar refractivity (Wildman–Crippen MR) is 95.9 cm³/mol. The first-order valence-corrected chi connectivity index (χ1v) is 9.57. The minimum absolute atomic E-state index is 0.310. The van der Waals surface area contributed by atoms with Gasteiger partial charge in [0.05, 0.1) is 6.54 Å². The van der Waals surface area contributed by atoms with E-state index in [0.717, 1.165) is 51.0 Å². The summed E-state index contributed by atoms with van der Waals surface area (Å²) in [5, 5.41) is 3.98. The zero-order chi connectivity index (χ0) is 17.6. The SMILES string of the molecule is Cc1nc(CN(C)C2CCCN(C(=O)CC3=CCCCC3)CC2)no1. The highest BCUT2D eigenvalue weighted by Crippen LogP contribution is 2.23. The maximum atomic E-state index is 12.6. The lowest BCUT2D eigenvalue weighted by molar-refractivity contribution is -0.130. The lowest BCUT2D eigenvalue weighted by Crippen LogP contribution is -2.35. The second-order valence-corrected chi connectivity index (χ2v) is 7.40. The average Bonchev–Trinajstić information content (AvgIpc) is 2.86. The highest BCUT2D eigenvalue weighted by atomic mass is 16.5. The van der Waals surface area contributed by atoms with Crippen molar-refractivity contribution in [1.82, 2.24) is 19.9 Å². The zero-order valence-electron chi connectivity index (χ0n) is 15.5. The third-order valence-electron chi connectivity index (χ3n) is 5.40. The normalized spacial score (nSPS) is 22.0.